The highest BCUT2D eigenvalue weighted by atomic mass is 16.5. The summed E-state index contributed by atoms with van der Waals surface area (Å²) in [5.41, 5.74) is 0. The van der Waals surface area contributed by atoms with Gasteiger partial charge in [-0.3, -0.25) is 4.79 Å². The standard InChI is InChI=1S/C8H13NO4/c1-2-13-8(12)4-3-7(11)9-5-6-10/h3-4,10H,2,5-6H2,1H3,(H,9,11)/b4-3-. The van der Waals surface area contributed by atoms with E-state index in [9.17, 15) is 9.59 Å². The maximum Gasteiger partial charge on any atom is 0.330 e. The van der Waals surface area contributed by atoms with Crippen LogP contribution in [0.2, 0.25) is 0 Å². The SMILES string of the molecule is CCOC(=O)/C=C\C(=O)NCCO. The zero-order chi connectivity index (χ0) is 10.1. The first-order chi connectivity index (χ1) is 6.20. The van der Waals surface area contributed by atoms with E-state index in [0.717, 1.165) is 12.2 Å². The maximum absolute atomic E-state index is 10.8. The van der Waals surface area contributed by atoms with Gasteiger partial charge in [0, 0.05) is 18.7 Å². The van der Waals surface area contributed by atoms with Gasteiger partial charge in [-0.1, -0.05) is 0 Å². The van der Waals surface area contributed by atoms with Crippen molar-refractivity contribution >= 4 is 11.9 Å². The molecule has 0 aliphatic rings. The van der Waals surface area contributed by atoms with E-state index in [0.29, 0.717) is 0 Å². The molecular weight excluding hydrogens is 174 g/mol. The number of aliphatic hydroxyl groups excluding tert-OH is 1. The molecule has 0 spiro atoms. The van der Waals surface area contributed by atoms with Crippen molar-refractivity contribution in [1.82, 2.24) is 5.32 Å². The second-order valence-corrected chi connectivity index (χ2v) is 2.10. The highest BCUT2D eigenvalue weighted by molar-refractivity contribution is 5.94. The fourth-order valence-electron chi connectivity index (χ4n) is 0.572. The van der Waals surface area contributed by atoms with Crippen molar-refractivity contribution in [3.8, 4) is 0 Å². The van der Waals surface area contributed by atoms with Crippen molar-refractivity contribution < 1.29 is 19.4 Å². The topological polar surface area (TPSA) is 75.6 Å². The molecule has 0 saturated heterocycles. The van der Waals surface area contributed by atoms with Crippen molar-refractivity contribution in [1.29, 1.82) is 0 Å². The zero-order valence-electron chi connectivity index (χ0n) is 7.45. The zero-order valence-corrected chi connectivity index (χ0v) is 7.45. The van der Waals surface area contributed by atoms with Gasteiger partial charge in [-0.15, -0.1) is 0 Å². The van der Waals surface area contributed by atoms with E-state index < -0.39 is 11.9 Å². The maximum atomic E-state index is 10.8. The van der Waals surface area contributed by atoms with Gasteiger partial charge >= 0.3 is 5.97 Å². The number of esters is 1. The molecule has 5 heteroatoms. The summed E-state index contributed by atoms with van der Waals surface area (Å²) in [5, 5.41) is 10.7. The second-order valence-electron chi connectivity index (χ2n) is 2.10. The van der Waals surface area contributed by atoms with E-state index >= 15 is 0 Å². The number of hydrogen-bond acceptors (Lipinski definition) is 4. The van der Waals surface area contributed by atoms with Crippen LogP contribution < -0.4 is 5.32 Å². The molecule has 0 aliphatic carbocycles. The third-order valence-corrected chi connectivity index (χ3v) is 1.07. The van der Waals surface area contributed by atoms with E-state index in [1.165, 1.54) is 0 Å². The van der Waals surface area contributed by atoms with E-state index in [1.54, 1.807) is 6.92 Å². The summed E-state index contributed by atoms with van der Waals surface area (Å²) in [5.74, 6) is -0.983. The van der Waals surface area contributed by atoms with Crippen LogP contribution in [0.3, 0.4) is 0 Å². The number of aliphatic hydroxyl groups is 1. The van der Waals surface area contributed by atoms with Gasteiger partial charge in [0.15, 0.2) is 0 Å². The minimum absolute atomic E-state index is 0.126. The molecule has 0 aromatic heterocycles. The predicted molar refractivity (Wildman–Crippen MR) is 45.9 cm³/mol. The van der Waals surface area contributed by atoms with Gasteiger partial charge in [0.2, 0.25) is 5.91 Å². The molecule has 5 nitrogen and oxygen atoms in total. The molecule has 0 rings (SSSR count). The van der Waals surface area contributed by atoms with Gasteiger partial charge in [-0.25, -0.2) is 4.79 Å². The van der Waals surface area contributed by atoms with E-state index in [1.807, 2.05) is 0 Å². The Hall–Kier alpha value is -1.36. The highest BCUT2D eigenvalue weighted by Crippen LogP contribution is 1.80. The van der Waals surface area contributed by atoms with Gasteiger partial charge in [-0.05, 0) is 6.92 Å². The summed E-state index contributed by atoms with van der Waals surface area (Å²) in [7, 11) is 0. The van der Waals surface area contributed by atoms with Gasteiger partial charge in [-0.2, -0.15) is 0 Å². The average Bonchev–Trinajstić information content (AvgIpc) is 2.12. The molecule has 0 aromatic rings. The third kappa shape index (κ3) is 7.02. The molecule has 0 atom stereocenters. The fraction of sp³-hybridized carbons (Fsp3) is 0.500. The first kappa shape index (κ1) is 11.6. The van der Waals surface area contributed by atoms with Crippen molar-refractivity contribution in [3.63, 3.8) is 0 Å². The van der Waals surface area contributed by atoms with E-state index in [2.05, 4.69) is 10.1 Å². The smallest absolute Gasteiger partial charge is 0.330 e. The summed E-state index contributed by atoms with van der Waals surface area (Å²) in [6, 6.07) is 0. The molecule has 0 fully saturated rings. The van der Waals surface area contributed by atoms with Crippen LogP contribution in [0, 0.1) is 0 Å². The van der Waals surface area contributed by atoms with Gasteiger partial charge in [0.25, 0.3) is 0 Å². The van der Waals surface area contributed by atoms with E-state index in [-0.39, 0.29) is 19.8 Å². The predicted octanol–water partition coefficient (Wildman–Crippen LogP) is -0.786. The van der Waals surface area contributed by atoms with Crippen molar-refractivity contribution in [3.05, 3.63) is 12.2 Å². The second kappa shape index (κ2) is 7.30. The molecular formula is C8H13NO4. The van der Waals surface area contributed by atoms with E-state index in [4.69, 9.17) is 5.11 Å². The van der Waals surface area contributed by atoms with Crippen LogP contribution in [-0.2, 0) is 14.3 Å². The monoisotopic (exact) mass is 187 g/mol. The van der Waals surface area contributed by atoms with Crippen LogP contribution in [0.5, 0.6) is 0 Å². The number of carbonyl (C=O) groups excluding carboxylic acids is 2. The summed E-state index contributed by atoms with van der Waals surface area (Å²) in [6.07, 6.45) is 2.10. The van der Waals surface area contributed by atoms with Crippen molar-refractivity contribution in [2.75, 3.05) is 19.8 Å². The van der Waals surface area contributed by atoms with Crippen molar-refractivity contribution in [2.24, 2.45) is 0 Å². The number of nitrogens with one attached hydrogen (secondary N) is 1. The third-order valence-electron chi connectivity index (χ3n) is 1.07. The van der Waals surface area contributed by atoms with Crippen LogP contribution in [0.1, 0.15) is 6.92 Å². The van der Waals surface area contributed by atoms with Gasteiger partial charge < -0.3 is 15.2 Å². The lowest BCUT2D eigenvalue weighted by molar-refractivity contribution is -0.137. The average molecular weight is 187 g/mol. The molecule has 0 aromatic carbocycles. The lowest BCUT2D eigenvalue weighted by atomic mass is 10.4. The fourth-order valence-corrected chi connectivity index (χ4v) is 0.572. The Morgan fingerprint density at radius 3 is 2.69 bits per heavy atom. The van der Waals surface area contributed by atoms with Crippen LogP contribution in [0.25, 0.3) is 0 Å². The Kier molecular flexibility index (Phi) is 6.53. The molecule has 0 unspecified atom stereocenters. The molecule has 0 bridgehead atoms. The normalized spacial score (nSPS) is 10.0. The Labute approximate surface area is 76.4 Å². The molecule has 0 aliphatic heterocycles. The molecule has 74 valence electrons. The quantitative estimate of drug-likeness (QED) is 0.437. The summed E-state index contributed by atoms with van der Waals surface area (Å²) in [4.78, 5) is 21.5. The van der Waals surface area contributed by atoms with Crippen molar-refractivity contribution in [2.45, 2.75) is 6.92 Å². The molecule has 13 heavy (non-hydrogen) atoms. The molecule has 0 saturated carbocycles. The lowest BCUT2D eigenvalue weighted by Crippen LogP contribution is -2.24. The van der Waals surface area contributed by atoms with Gasteiger partial charge in [0.1, 0.15) is 0 Å². The largest absolute Gasteiger partial charge is 0.463 e. The molecule has 1 amide bonds. The summed E-state index contributed by atoms with van der Waals surface area (Å²) in [6.45, 7) is 2.00. The van der Waals surface area contributed by atoms with Crippen LogP contribution in [-0.4, -0.2) is 36.7 Å². The Bertz CT molecular complexity index is 200. The number of carbonyl (C=O) groups is 2. The Morgan fingerprint density at radius 1 is 1.46 bits per heavy atom. The summed E-state index contributed by atoms with van der Waals surface area (Å²) >= 11 is 0. The Balaban J connectivity index is 3.69. The number of amides is 1. The minimum Gasteiger partial charge on any atom is -0.463 e. The number of rotatable bonds is 5. The van der Waals surface area contributed by atoms with Crippen LogP contribution >= 0.6 is 0 Å². The first-order valence-electron chi connectivity index (χ1n) is 3.94. The highest BCUT2D eigenvalue weighted by Gasteiger charge is 1.96. The number of ether oxygens (including phenoxy) is 1. The van der Waals surface area contributed by atoms with Crippen LogP contribution in [0.4, 0.5) is 0 Å². The summed E-state index contributed by atoms with van der Waals surface area (Å²) < 4.78 is 4.54. The minimum atomic E-state index is -0.554. The van der Waals surface area contributed by atoms with Crippen LogP contribution in [0.15, 0.2) is 12.2 Å². The molecule has 0 heterocycles. The van der Waals surface area contributed by atoms with Gasteiger partial charge in [0.05, 0.1) is 13.2 Å². The number of hydrogen-bond donors (Lipinski definition) is 2. The molecule has 2 N–H and O–H groups in total. The lowest BCUT2D eigenvalue weighted by Gasteiger charge is -1.97. The first-order valence-corrected chi connectivity index (χ1v) is 3.94. The Morgan fingerprint density at radius 2 is 2.15 bits per heavy atom. The molecule has 0 radical (unpaired) electrons.